The molecule has 0 spiro atoms. The fourth-order valence-corrected chi connectivity index (χ4v) is 1.86. The van der Waals surface area contributed by atoms with Crippen molar-refractivity contribution in [1.82, 2.24) is 24.3 Å². The van der Waals surface area contributed by atoms with E-state index in [1.807, 2.05) is 17.1 Å². The third-order valence-electron chi connectivity index (χ3n) is 2.66. The van der Waals surface area contributed by atoms with Crippen LogP contribution in [0.25, 0.3) is 0 Å². The summed E-state index contributed by atoms with van der Waals surface area (Å²) in [6, 6.07) is 0. The number of aromatic nitrogens is 5. The van der Waals surface area contributed by atoms with Gasteiger partial charge in [-0.15, -0.1) is 0 Å². The van der Waals surface area contributed by atoms with Gasteiger partial charge in [0.25, 0.3) is 0 Å². The molecule has 0 atom stereocenters. The number of imidazole rings is 1. The van der Waals surface area contributed by atoms with Crippen LogP contribution in [0.2, 0.25) is 0 Å². The number of aryl methyl sites for hydroxylation is 1. The van der Waals surface area contributed by atoms with Crippen molar-refractivity contribution in [2.75, 3.05) is 0 Å². The molecule has 0 aromatic carbocycles. The van der Waals surface area contributed by atoms with Crippen LogP contribution in [0.1, 0.15) is 32.4 Å². The van der Waals surface area contributed by atoms with Gasteiger partial charge in [0.15, 0.2) is 0 Å². The van der Waals surface area contributed by atoms with Crippen molar-refractivity contribution in [2.24, 2.45) is 5.92 Å². The second-order valence-corrected chi connectivity index (χ2v) is 4.58. The second-order valence-electron chi connectivity index (χ2n) is 4.58. The lowest BCUT2D eigenvalue weighted by Gasteiger charge is -2.10. The fraction of sp³-hybridized carbons (Fsp3) is 0.583. The van der Waals surface area contributed by atoms with Crippen LogP contribution in [0.5, 0.6) is 0 Å². The van der Waals surface area contributed by atoms with Crippen molar-refractivity contribution in [2.45, 2.75) is 40.3 Å². The van der Waals surface area contributed by atoms with Gasteiger partial charge in [0, 0.05) is 25.4 Å². The molecule has 0 saturated carbocycles. The van der Waals surface area contributed by atoms with Crippen LogP contribution in [-0.2, 0) is 19.5 Å². The maximum absolute atomic E-state index is 4.32. The van der Waals surface area contributed by atoms with Crippen LogP contribution in [0.4, 0.5) is 0 Å². The zero-order chi connectivity index (χ0) is 12.3. The highest BCUT2D eigenvalue weighted by Crippen LogP contribution is 2.06. The zero-order valence-electron chi connectivity index (χ0n) is 10.7. The van der Waals surface area contributed by atoms with E-state index in [4.69, 9.17) is 0 Å². The minimum atomic E-state index is 0.573. The Balaban J connectivity index is 2.16. The van der Waals surface area contributed by atoms with Gasteiger partial charge in [-0.25, -0.2) is 14.6 Å². The first-order chi connectivity index (χ1) is 8.20. The third-order valence-corrected chi connectivity index (χ3v) is 2.66. The molecule has 0 amide bonds. The molecule has 0 radical (unpaired) electrons. The monoisotopic (exact) mass is 233 g/mol. The van der Waals surface area contributed by atoms with Crippen LogP contribution < -0.4 is 0 Å². The first kappa shape index (κ1) is 11.8. The predicted molar refractivity (Wildman–Crippen MR) is 65.6 cm³/mol. The number of rotatable bonds is 5. The summed E-state index contributed by atoms with van der Waals surface area (Å²) in [6.45, 7) is 8.12. The molecule has 5 heteroatoms. The lowest BCUT2D eigenvalue weighted by molar-refractivity contribution is 0.459. The Morgan fingerprint density at radius 2 is 2.06 bits per heavy atom. The molecule has 0 saturated heterocycles. The van der Waals surface area contributed by atoms with Crippen LogP contribution in [0, 0.1) is 5.92 Å². The maximum atomic E-state index is 4.32. The highest BCUT2D eigenvalue weighted by molar-refractivity contribution is 4.96. The van der Waals surface area contributed by atoms with Gasteiger partial charge in [0.1, 0.15) is 18.0 Å². The van der Waals surface area contributed by atoms with Crippen molar-refractivity contribution in [3.63, 3.8) is 0 Å². The molecule has 0 unspecified atom stereocenters. The summed E-state index contributed by atoms with van der Waals surface area (Å²) in [5, 5.41) is 4.26. The van der Waals surface area contributed by atoms with E-state index in [-0.39, 0.29) is 0 Å². The van der Waals surface area contributed by atoms with Gasteiger partial charge in [0.05, 0.1) is 6.54 Å². The molecule has 0 bridgehead atoms. The Hall–Kier alpha value is -1.65. The van der Waals surface area contributed by atoms with Crippen molar-refractivity contribution >= 4 is 0 Å². The number of hydrogen-bond donors (Lipinski definition) is 0. The quantitative estimate of drug-likeness (QED) is 0.790. The van der Waals surface area contributed by atoms with E-state index in [0.29, 0.717) is 5.92 Å². The highest BCUT2D eigenvalue weighted by atomic mass is 15.3. The normalized spacial score (nSPS) is 11.3. The molecule has 2 rings (SSSR count). The fourth-order valence-electron chi connectivity index (χ4n) is 1.86. The van der Waals surface area contributed by atoms with E-state index in [1.165, 1.54) is 0 Å². The summed E-state index contributed by atoms with van der Waals surface area (Å²) in [6.07, 6.45) is 6.39. The Labute approximate surface area is 102 Å². The van der Waals surface area contributed by atoms with E-state index >= 15 is 0 Å². The van der Waals surface area contributed by atoms with Gasteiger partial charge >= 0.3 is 0 Å². The van der Waals surface area contributed by atoms with Gasteiger partial charge in [-0.3, -0.25) is 0 Å². The third kappa shape index (κ3) is 2.72. The summed E-state index contributed by atoms with van der Waals surface area (Å²) < 4.78 is 4.10. The van der Waals surface area contributed by atoms with Crippen LogP contribution in [-0.4, -0.2) is 24.3 Å². The maximum Gasteiger partial charge on any atom is 0.146 e. The summed E-state index contributed by atoms with van der Waals surface area (Å²) in [5.74, 6) is 2.65. The van der Waals surface area contributed by atoms with Gasteiger partial charge in [-0.1, -0.05) is 20.8 Å². The first-order valence-electron chi connectivity index (χ1n) is 6.07. The SMILES string of the molecule is CCc1nccn1Cc1ncnn1CC(C)C. The highest BCUT2D eigenvalue weighted by Gasteiger charge is 2.08. The van der Waals surface area contributed by atoms with Crippen molar-refractivity contribution in [3.8, 4) is 0 Å². The summed E-state index contributed by atoms with van der Waals surface area (Å²) >= 11 is 0. The molecular formula is C12H19N5. The Morgan fingerprint density at radius 1 is 1.24 bits per heavy atom. The number of nitrogens with zero attached hydrogens (tertiary/aromatic N) is 5. The molecule has 0 fully saturated rings. The molecule has 17 heavy (non-hydrogen) atoms. The van der Waals surface area contributed by atoms with Gasteiger partial charge in [0.2, 0.25) is 0 Å². The molecule has 2 aromatic heterocycles. The molecular weight excluding hydrogens is 214 g/mol. The van der Waals surface area contributed by atoms with E-state index < -0.39 is 0 Å². The molecule has 2 heterocycles. The molecule has 5 nitrogen and oxygen atoms in total. The minimum absolute atomic E-state index is 0.573. The molecule has 0 aliphatic rings. The van der Waals surface area contributed by atoms with Crippen LogP contribution >= 0.6 is 0 Å². The van der Waals surface area contributed by atoms with Crippen LogP contribution in [0.3, 0.4) is 0 Å². The van der Waals surface area contributed by atoms with E-state index in [1.54, 1.807) is 6.33 Å². The van der Waals surface area contributed by atoms with E-state index in [0.717, 1.165) is 31.2 Å². The summed E-state index contributed by atoms with van der Waals surface area (Å²) in [7, 11) is 0. The smallest absolute Gasteiger partial charge is 0.146 e. The average molecular weight is 233 g/mol. The topological polar surface area (TPSA) is 48.5 Å². The molecule has 92 valence electrons. The summed E-state index contributed by atoms with van der Waals surface area (Å²) in [4.78, 5) is 8.63. The van der Waals surface area contributed by atoms with Crippen molar-refractivity contribution in [3.05, 3.63) is 30.4 Å². The number of hydrogen-bond acceptors (Lipinski definition) is 3. The molecule has 0 N–H and O–H groups in total. The Bertz CT molecular complexity index is 469. The van der Waals surface area contributed by atoms with Crippen LogP contribution in [0.15, 0.2) is 18.7 Å². The first-order valence-corrected chi connectivity index (χ1v) is 6.07. The Kier molecular flexibility index (Phi) is 3.56. The largest absolute Gasteiger partial charge is 0.327 e. The molecule has 2 aromatic rings. The predicted octanol–water partition coefficient (Wildman–Crippen LogP) is 1.74. The lowest BCUT2D eigenvalue weighted by atomic mass is 10.2. The van der Waals surface area contributed by atoms with E-state index in [2.05, 4.69) is 40.4 Å². The van der Waals surface area contributed by atoms with Crippen molar-refractivity contribution < 1.29 is 0 Å². The molecule has 0 aliphatic heterocycles. The van der Waals surface area contributed by atoms with Crippen molar-refractivity contribution in [1.29, 1.82) is 0 Å². The standard InChI is InChI=1S/C12H19N5/c1-4-11-13-5-6-16(11)8-12-14-9-15-17(12)7-10(2)3/h5-6,9-10H,4,7-8H2,1-3H3. The molecule has 0 aliphatic carbocycles. The zero-order valence-corrected chi connectivity index (χ0v) is 10.7. The van der Waals surface area contributed by atoms with Gasteiger partial charge in [-0.05, 0) is 5.92 Å². The second kappa shape index (κ2) is 5.12. The van der Waals surface area contributed by atoms with Gasteiger partial charge < -0.3 is 4.57 Å². The average Bonchev–Trinajstić information content (AvgIpc) is 2.88. The lowest BCUT2D eigenvalue weighted by Crippen LogP contribution is -2.14. The van der Waals surface area contributed by atoms with E-state index in [9.17, 15) is 0 Å². The summed E-state index contributed by atoms with van der Waals surface area (Å²) in [5.41, 5.74) is 0. The van der Waals surface area contributed by atoms with Gasteiger partial charge in [-0.2, -0.15) is 5.10 Å². The Morgan fingerprint density at radius 3 is 2.76 bits per heavy atom. The minimum Gasteiger partial charge on any atom is -0.327 e.